The molecule has 0 spiro atoms. The molecular formula is C23H33ClN6O2. The molecule has 8 nitrogen and oxygen atoms in total. The number of halogens is 1. The van der Waals surface area contributed by atoms with Gasteiger partial charge in [-0.3, -0.25) is 0 Å². The Labute approximate surface area is 194 Å². The Morgan fingerprint density at radius 2 is 2.06 bits per heavy atom. The molecule has 9 heteroatoms. The predicted molar refractivity (Wildman–Crippen MR) is 128 cm³/mol. The molecule has 3 heterocycles. The Morgan fingerprint density at radius 1 is 1.25 bits per heavy atom. The number of anilines is 2. The third kappa shape index (κ3) is 5.68. The molecule has 0 radical (unpaired) electrons. The van der Waals surface area contributed by atoms with Gasteiger partial charge in [0, 0.05) is 56.3 Å². The lowest BCUT2D eigenvalue weighted by Crippen LogP contribution is -2.50. The Morgan fingerprint density at radius 3 is 2.81 bits per heavy atom. The molecule has 32 heavy (non-hydrogen) atoms. The van der Waals surface area contributed by atoms with Crippen molar-refractivity contribution in [3.8, 4) is 11.3 Å². The van der Waals surface area contributed by atoms with E-state index in [4.69, 9.17) is 37.5 Å². The van der Waals surface area contributed by atoms with Crippen molar-refractivity contribution >= 4 is 23.2 Å². The molecule has 4 rings (SSSR count). The zero-order valence-corrected chi connectivity index (χ0v) is 19.3. The van der Waals surface area contributed by atoms with Crippen LogP contribution in [-0.2, 0) is 9.47 Å². The van der Waals surface area contributed by atoms with Crippen molar-refractivity contribution in [1.29, 1.82) is 0 Å². The summed E-state index contributed by atoms with van der Waals surface area (Å²) < 4.78 is 10.9. The van der Waals surface area contributed by atoms with E-state index in [9.17, 15) is 0 Å². The lowest BCUT2D eigenvalue weighted by Gasteiger charge is -2.33. The standard InChI is InChI=1S/C23H33ClN6O2/c1-31-20-6-5-15(11-18(20)25)29-22-12-16(17(24)13-27-22)19-3-2-4-21(30-19)28-14-23(26)7-9-32-10-8-23/h2-4,12-13,15,18,20H,5-11,14,25-26H2,1H3,(H,27,29)(H,28,30)/t15-,18+,20+/m0/s1. The van der Waals surface area contributed by atoms with E-state index in [1.165, 1.54) is 0 Å². The van der Waals surface area contributed by atoms with Gasteiger partial charge in [0.1, 0.15) is 11.6 Å². The first-order valence-corrected chi connectivity index (χ1v) is 11.6. The first kappa shape index (κ1) is 23.2. The minimum Gasteiger partial charge on any atom is -0.381 e. The summed E-state index contributed by atoms with van der Waals surface area (Å²) in [7, 11) is 1.72. The highest BCUT2D eigenvalue weighted by molar-refractivity contribution is 6.33. The third-order valence-corrected chi connectivity index (χ3v) is 6.78. The summed E-state index contributed by atoms with van der Waals surface area (Å²) in [6.45, 7) is 2.05. The second-order valence-electron chi connectivity index (χ2n) is 8.88. The number of nitrogens with one attached hydrogen (secondary N) is 2. The van der Waals surface area contributed by atoms with Gasteiger partial charge in [-0.15, -0.1) is 0 Å². The first-order chi connectivity index (χ1) is 15.5. The Balaban J connectivity index is 1.44. The van der Waals surface area contributed by atoms with Gasteiger partial charge < -0.3 is 31.6 Å². The van der Waals surface area contributed by atoms with Crippen molar-refractivity contribution in [2.24, 2.45) is 11.5 Å². The van der Waals surface area contributed by atoms with Crippen molar-refractivity contribution < 1.29 is 9.47 Å². The third-order valence-electron chi connectivity index (χ3n) is 6.48. The van der Waals surface area contributed by atoms with Gasteiger partial charge in [-0.05, 0) is 50.3 Å². The van der Waals surface area contributed by atoms with E-state index < -0.39 is 0 Å². The van der Waals surface area contributed by atoms with Crippen molar-refractivity contribution in [3.05, 3.63) is 35.5 Å². The maximum absolute atomic E-state index is 6.49. The van der Waals surface area contributed by atoms with Crippen LogP contribution >= 0.6 is 11.6 Å². The fourth-order valence-corrected chi connectivity index (χ4v) is 4.63. The summed E-state index contributed by atoms with van der Waals surface area (Å²) in [6, 6.07) is 8.07. The Kier molecular flexibility index (Phi) is 7.48. The van der Waals surface area contributed by atoms with Crippen LogP contribution < -0.4 is 22.1 Å². The van der Waals surface area contributed by atoms with E-state index >= 15 is 0 Å². The van der Waals surface area contributed by atoms with Gasteiger partial charge in [0.25, 0.3) is 0 Å². The molecule has 1 aliphatic heterocycles. The minimum absolute atomic E-state index is 0.0176. The van der Waals surface area contributed by atoms with Crippen LogP contribution in [-0.4, -0.2) is 60.6 Å². The van der Waals surface area contributed by atoms with E-state index in [-0.39, 0.29) is 23.7 Å². The largest absolute Gasteiger partial charge is 0.381 e. The van der Waals surface area contributed by atoms with Gasteiger partial charge in [-0.2, -0.15) is 0 Å². The van der Waals surface area contributed by atoms with Crippen LogP contribution in [0.2, 0.25) is 5.02 Å². The van der Waals surface area contributed by atoms with Gasteiger partial charge in [0.2, 0.25) is 0 Å². The molecule has 1 aliphatic carbocycles. The van der Waals surface area contributed by atoms with Crippen LogP contribution in [0.25, 0.3) is 11.3 Å². The molecule has 0 unspecified atom stereocenters. The van der Waals surface area contributed by atoms with E-state index in [1.54, 1.807) is 13.3 Å². The normalized spacial score (nSPS) is 25.3. The van der Waals surface area contributed by atoms with Gasteiger partial charge in [0.05, 0.1) is 16.8 Å². The maximum Gasteiger partial charge on any atom is 0.126 e. The van der Waals surface area contributed by atoms with Gasteiger partial charge in [-0.1, -0.05) is 17.7 Å². The van der Waals surface area contributed by atoms with E-state index in [0.29, 0.717) is 24.8 Å². The smallest absolute Gasteiger partial charge is 0.126 e. The highest BCUT2D eigenvalue weighted by Crippen LogP contribution is 2.30. The summed E-state index contributed by atoms with van der Waals surface area (Å²) >= 11 is 6.49. The van der Waals surface area contributed by atoms with Crippen LogP contribution in [0.4, 0.5) is 11.6 Å². The fraction of sp³-hybridized carbons (Fsp3) is 0.565. The second-order valence-corrected chi connectivity index (χ2v) is 9.29. The minimum atomic E-state index is -0.274. The number of hydrogen-bond acceptors (Lipinski definition) is 8. The van der Waals surface area contributed by atoms with Crippen LogP contribution in [0.1, 0.15) is 32.1 Å². The van der Waals surface area contributed by atoms with E-state index in [1.807, 2.05) is 24.3 Å². The summed E-state index contributed by atoms with van der Waals surface area (Å²) in [6.07, 6.45) is 6.20. The molecule has 1 saturated carbocycles. The van der Waals surface area contributed by atoms with Crippen molar-refractivity contribution in [2.45, 2.75) is 55.8 Å². The van der Waals surface area contributed by atoms with Crippen LogP contribution in [0.3, 0.4) is 0 Å². The van der Waals surface area contributed by atoms with Gasteiger partial charge in [-0.25, -0.2) is 9.97 Å². The molecule has 2 aromatic heterocycles. The zero-order chi connectivity index (χ0) is 22.6. The summed E-state index contributed by atoms with van der Waals surface area (Å²) in [5.74, 6) is 1.53. The molecule has 2 fully saturated rings. The summed E-state index contributed by atoms with van der Waals surface area (Å²) in [5.41, 5.74) is 14.1. The summed E-state index contributed by atoms with van der Waals surface area (Å²) in [5, 5.41) is 7.45. The molecule has 174 valence electrons. The topological polar surface area (TPSA) is 120 Å². The predicted octanol–water partition coefficient (Wildman–Crippen LogP) is 3.02. The molecule has 0 aromatic carbocycles. The maximum atomic E-state index is 6.49. The van der Waals surface area contributed by atoms with Crippen LogP contribution in [0, 0.1) is 0 Å². The number of nitrogens with two attached hydrogens (primary N) is 2. The molecule has 3 atom stereocenters. The van der Waals surface area contributed by atoms with E-state index in [2.05, 4.69) is 15.6 Å². The lowest BCUT2D eigenvalue weighted by atomic mass is 9.89. The van der Waals surface area contributed by atoms with E-state index in [0.717, 1.165) is 55.0 Å². The van der Waals surface area contributed by atoms with Crippen LogP contribution in [0.15, 0.2) is 30.5 Å². The number of hydrogen-bond donors (Lipinski definition) is 4. The molecule has 0 amide bonds. The van der Waals surface area contributed by atoms with Crippen molar-refractivity contribution in [2.75, 3.05) is 37.5 Å². The lowest BCUT2D eigenvalue weighted by molar-refractivity contribution is 0.0516. The number of nitrogens with zero attached hydrogens (tertiary/aromatic N) is 2. The number of pyridine rings is 2. The monoisotopic (exact) mass is 460 g/mol. The Hall–Kier alpha value is -1.97. The van der Waals surface area contributed by atoms with Crippen LogP contribution in [0.5, 0.6) is 0 Å². The SMILES string of the molecule is CO[C@@H]1CC[C@H](Nc2cc(-c3cccc(NCC4(N)CCOCC4)n3)c(Cl)cn2)C[C@H]1N. The molecular weight excluding hydrogens is 428 g/mol. The molecule has 2 aliphatic rings. The zero-order valence-electron chi connectivity index (χ0n) is 18.5. The van der Waals surface area contributed by atoms with Gasteiger partial charge in [0.15, 0.2) is 0 Å². The average Bonchev–Trinajstić information content (AvgIpc) is 2.80. The Bertz CT molecular complexity index is 908. The first-order valence-electron chi connectivity index (χ1n) is 11.2. The number of ether oxygens (including phenoxy) is 2. The molecule has 2 aromatic rings. The summed E-state index contributed by atoms with van der Waals surface area (Å²) in [4.78, 5) is 9.23. The number of aromatic nitrogens is 2. The van der Waals surface area contributed by atoms with Crippen molar-refractivity contribution in [3.63, 3.8) is 0 Å². The second kappa shape index (κ2) is 10.3. The quantitative estimate of drug-likeness (QED) is 0.497. The fourth-order valence-electron chi connectivity index (χ4n) is 4.43. The van der Waals surface area contributed by atoms with Crippen molar-refractivity contribution in [1.82, 2.24) is 9.97 Å². The van der Waals surface area contributed by atoms with Gasteiger partial charge >= 0.3 is 0 Å². The highest BCUT2D eigenvalue weighted by atomic mass is 35.5. The average molecular weight is 461 g/mol. The highest BCUT2D eigenvalue weighted by Gasteiger charge is 2.29. The molecule has 0 bridgehead atoms. The molecule has 1 saturated heterocycles. The number of methoxy groups -OCH3 is 1. The molecule has 6 N–H and O–H groups in total. The number of rotatable bonds is 7.